The van der Waals surface area contributed by atoms with Crippen molar-refractivity contribution in [2.24, 2.45) is 0 Å². The van der Waals surface area contributed by atoms with Crippen LogP contribution in [0.2, 0.25) is 0 Å². The average Bonchev–Trinajstić information content (AvgIpc) is 3.50. The van der Waals surface area contributed by atoms with Crippen LogP contribution in [0, 0.1) is 0 Å². The van der Waals surface area contributed by atoms with E-state index in [1.165, 1.54) is 6.42 Å². The van der Waals surface area contributed by atoms with Crippen molar-refractivity contribution in [3.8, 4) is 11.5 Å². The second-order valence-corrected chi connectivity index (χ2v) is 9.36. The third-order valence-corrected chi connectivity index (χ3v) is 7.31. The number of carbonyl (C=O) groups is 2. The Morgan fingerprint density at radius 2 is 1.73 bits per heavy atom. The number of rotatable bonds is 4. The molecule has 6 heteroatoms. The molecule has 2 aromatic heterocycles. The summed E-state index contributed by atoms with van der Waals surface area (Å²) < 4.78 is 7.59. The molecular weight excluding hydrogens is 378 g/mol. The minimum absolute atomic E-state index is 0.0144. The van der Waals surface area contributed by atoms with Gasteiger partial charge in [0.05, 0.1) is 18.5 Å². The molecule has 30 heavy (non-hydrogen) atoms. The van der Waals surface area contributed by atoms with Crippen LogP contribution in [0.4, 0.5) is 0 Å². The van der Waals surface area contributed by atoms with E-state index in [1.54, 1.807) is 6.26 Å². The number of carbonyl (C=O) groups excluding carboxylic acids is 2. The highest BCUT2D eigenvalue weighted by Gasteiger charge is 2.51. The van der Waals surface area contributed by atoms with Crippen LogP contribution in [-0.2, 0) is 11.3 Å². The van der Waals surface area contributed by atoms with E-state index in [1.807, 2.05) is 40.7 Å². The van der Waals surface area contributed by atoms with Crippen molar-refractivity contribution in [1.29, 1.82) is 0 Å². The first-order valence-electron chi connectivity index (χ1n) is 11.5. The summed E-state index contributed by atoms with van der Waals surface area (Å²) >= 11 is 0. The normalized spacial score (nSPS) is 25.5. The molecule has 1 aliphatic heterocycles. The van der Waals surface area contributed by atoms with E-state index in [0.29, 0.717) is 12.2 Å². The maximum atomic E-state index is 13.7. The summed E-state index contributed by atoms with van der Waals surface area (Å²) in [6, 6.07) is 7.91. The molecule has 1 atom stereocenters. The summed E-state index contributed by atoms with van der Waals surface area (Å²) in [5, 5.41) is 3.31. The van der Waals surface area contributed by atoms with E-state index in [2.05, 4.69) is 5.32 Å². The topological polar surface area (TPSA) is 67.5 Å². The SMILES string of the molecule is CC1(C(=O)NC2CCCCC2)Cn2c(ccc2-c2ccco2)C(=O)N1C1CCCC1. The zero-order valence-corrected chi connectivity index (χ0v) is 17.7. The van der Waals surface area contributed by atoms with Gasteiger partial charge in [0.2, 0.25) is 5.91 Å². The number of amides is 2. The number of fused-ring (bicyclic) bond motifs is 1. The fourth-order valence-corrected chi connectivity index (χ4v) is 5.70. The molecule has 1 unspecified atom stereocenters. The molecular formula is C24H31N3O3. The van der Waals surface area contributed by atoms with Crippen molar-refractivity contribution in [2.75, 3.05) is 0 Å². The second kappa shape index (κ2) is 7.64. The fourth-order valence-electron chi connectivity index (χ4n) is 5.70. The van der Waals surface area contributed by atoms with E-state index in [9.17, 15) is 9.59 Å². The molecule has 0 bridgehead atoms. The zero-order valence-electron chi connectivity index (χ0n) is 17.7. The average molecular weight is 410 g/mol. The summed E-state index contributed by atoms with van der Waals surface area (Å²) in [7, 11) is 0. The predicted molar refractivity (Wildman–Crippen MR) is 114 cm³/mol. The predicted octanol–water partition coefficient (Wildman–Crippen LogP) is 4.35. The molecule has 5 rings (SSSR count). The number of furan rings is 1. The maximum Gasteiger partial charge on any atom is 0.271 e. The second-order valence-electron chi connectivity index (χ2n) is 9.36. The lowest BCUT2D eigenvalue weighted by Crippen LogP contribution is -2.67. The van der Waals surface area contributed by atoms with Gasteiger partial charge in [-0.05, 0) is 56.9 Å². The van der Waals surface area contributed by atoms with Crippen LogP contribution in [-0.4, -0.2) is 38.9 Å². The number of hydrogen-bond acceptors (Lipinski definition) is 3. The monoisotopic (exact) mass is 409 g/mol. The molecule has 0 aromatic carbocycles. The molecule has 2 fully saturated rings. The van der Waals surface area contributed by atoms with Gasteiger partial charge in [0.1, 0.15) is 17.0 Å². The van der Waals surface area contributed by atoms with Crippen LogP contribution in [0.1, 0.15) is 75.2 Å². The van der Waals surface area contributed by atoms with Gasteiger partial charge < -0.3 is 19.2 Å². The van der Waals surface area contributed by atoms with Crippen LogP contribution in [0.15, 0.2) is 34.9 Å². The van der Waals surface area contributed by atoms with E-state index in [-0.39, 0.29) is 23.9 Å². The van der Waals surface area contributed by atoms with Crippen LogP contribution in [0.5, 0.6) is 0 Å². The van der Waals surface area contributed by atoms with Crippen molar-refractivity contribution in [3.05, 3.63) is 36.2 Å². The lowest BCUT2D eigenvalue weighted by atomic mass is 9.89. The lowest BCUT2D eigenvalue weighted by molar-refractivity contribution is -0.135. The molecule has 2 aliphatic carbocycles. The summed E-state index contributed by atoms with van der Waals surface area (Å²) in [6.07, 6.45) is 11.5. The summed E-state index contributed by atoms with van der Waals surface area (Å²) in [5.74, 6) is 0.671. The van der Waals surface area contributed by atoms with Crippen molar-refractivity contribution in [2.45, 2.75) is 88.9 Å². The first-order valence-corrected chi connectivity index (χ1v) is 11.5. The van der Waals surface area contributed by atoms with Crippen LogP contribution in [0.25, 0.3) is 11.5 Å². The Morgan fingerprint density at radius 1 is 1.03 bits per heavy atom. The highest BCUT2D eigenvalue weighted by atomic mass is 16.3. The largest absolute Gasteiger partial charge is 0.463 e. The van der Waals surface area contributed by atoms with Gasteiger partial charge in [0.15, 0.2) is 0 Å². The Hall–Kier alpha value is -2.50. The molecule has 2 aromatic rings. The van der Waals surface area contributed by atoms with E-state index in [0.717, 1.165) is 62.8 Å². The Kier molecular flexibility index (Phi) is 4.95. The highest BCUT2D eigenvalue weighted by molar-refractivity contribution is 6.00. The van der Waals surface area contributed by atoms with E-state index < -0.39 is 5.54 Å². The van der Waals surface area contributed by atoms with Crippen molar-refractivity contribution >= 4 is 11.8 Å². The van der Waals surface area contributed by atoms with Gasteiger partial charge in [-0.3, -0.25) is 9.59 Å². The van der Waals surface area contributed by atoms with Crippen molar-refractivity contribution in [1.82, 2.24) is 14.8 Å². The molecule has 3 heterocycles. The first-order chi connectivity index (χ1) is 14.6. The zero-order chi connectivity index (χ0) is 20.7. The Morgan fingerprint density at radius 3 is 2.43 bits per heavy atom. The highest BCUT2D eigenvalue weighted by Crippen LogP contribution is 2.38. The lowest BCUT2D eigenvalue weighted by Gasteiger charge is -2.48. The van der Waals surface area contributed by atoms with Gasteiger partial charge >= 0.3 is 0 Å². The number of nitrogens with one attached hydrogen (secondary N) is 1. The first kappa shape index (κ1) is 19.5. The molecule has 2 amide bonds. The molecule has 1 N–H and O–H groups in total. The molecule has 0 spiro atoms. The van der Waals surface area contributed by atoms with Gasteiger partial charge in [-0.25, -0.2) is 0 Å². The van der Waals surface area contributed by atoms with Crippen molar-refractivity contribution < 1.29 is 14.0 Å². The molecule has 0 radical (unpaired) electrons. The Bertz CT molecular complexity index is 920. The van der Waals surface area contributed by atoms with Crippen LogP contribution >= 0.6 is 0 Å². The summed E-state index contributed by atoms with van der Waals surface area (Å²) in [6.45, 7) is 2.41. The summed E-state index contributed by atoms with van der Waals surface area (Å²) in [5.41, 5.74) is 0.596. The number of nitrogens with zero attached hydrogens (tertiary/aromatic N) is 2. The molecule has 2 saturated carbocycles. The summed E-state index contributed by atoms with van der Waals surface area (Å²) in [4.78, 5) is 29.3. The number of hydrogen-bond donors (Lipinski definition) is 1. The number of aromatic nitrogens is 1. The Labute approximate surface area is 177 Å². The standard InChI is InChI=1S/C24H31N3O3/c1-24(23(29)25-17-8-3-2-4-9-17)16-26-19(21-12-7-15-30-21)13-14-20(26)22(28)27(24)18-10-5-6-11-18/h7,12-15,17-18H,2-6,8-11,16H2,1H3,(H,25,29). The Balaban J connectivity index is 1.52. The molecule has 3 aliphatic rings. The van der Waals surface area contributed by atoms with Crippen LogP contribution in [0.3, 0.4) is 0 Å². The molecule has 0 saturated heterocycles. The van der Waals surface area contributed by atoms with Gasteiger partial charge in [-0.2, -0.15) is 0 Å². The van der Waals surface area contributed by atoms with Gasteiger partial charge in [0.25, 0.3) is 5.91 Å². The van der Waals surface area contributed by atoms with Gasteiger partial charge in [-0.15, -0.1) is 0 Å². The molecule has 160 valence electrons. The molecule has 6 nitrogen and oxygen atoms in total. The van der Waals surface area contributed by atoms with E-state index >= 15 is 0 Å². The smallest absolute Gasteiger partial charge is 0.271 e. The third-order valence-electron chi connectivity index (χ3n) is 7.31. The fraction of sp³-hybridized carbons (Fsp3) is 0.583. The van der Waals surface area contributed by atoms with Crippen molar-refractivity contribution in [3.63, 3.8) is 0 Å². The minimum atomic E-state index is -0.906. The van der Waals surface area contributed by atoms with Gasteiger partial charge in [0, 0.05) is 12.1 Å². The minimum Gasteiger partial charge on any atom is -0.463 e. The van der Waals surface area contributed by atoms with Gasteiger partial charge in [-0.1, -0.05) is 32.1 Å². The van der Waals surface area contributed by atoms with Crippen LogP contribution < -0.4 is 5.32 Å². The van der Waals surface area contributed by atoms with E-state index in [4.69, 9.17) is 4.42 Å². The third kappa shape index (κ3) is 3.17. The maximum absolute atomic E-state index is 13.7. The quantitative estimate of drug-likeness (QED) is 0.816.